The topological polar surface area (TPSA) is 103 Å². The molecule has 0 bridgehead atoms. The molecule has 1 amide bonds. The normalized spacial score (nSPS) is 11.1. The highest BCUT2D eigenvalue weighted by Crippen LogP contribution is 2.27. The van der Waals surface area contributed by atoms with Crippen LogP contribution >= 0.6 is 11.8 Å². The van der Waals surface area contributed by atoms with Gasteiger partial charge in [-0.1, -0.05) is 78.5 Å². The maximum Gasteiger partial charge on any atom is 0.250 e. The predicted molar refractivity (Wildman–Crippen MR) is 160 cm³/mol. The van der Waals surface area contributed by atoms with Gasteiger partial charge in [-0.25, -0.2) is 10.1 Å². The number of hydrogen-bond donors (Lipinski definition) is 1. The van der Waals surface area contributed by atoms with E-state index in [1.807, 2.05) is 114 Å². The summed E-state index contributed by atoms with van der Waals surface area (Å²) < 4.78 is 3.73. The molecular weight excluding hydrogens is 532 g/mol. The number of nitrogens with one attached hydrogen (secondary N) is 1. The van der Waals surface area contributed by atoms with Gasteiger partial charge in [0.25, 0.3) is 5.91 Å². The summed E-state index contributed by atoms with van der Waals surface area (Å²) >= 11 is 1.28. The van der Waals surface area contributed by atoms with Gasteiger partial charge < -0.3 is 0 Å². The van der Waals surface area contributed by atoms with Crippen molar-refractivity contribution >= 4 is 23.9 Å². The second-order valence-corrected chi connectivity index (χ2v) is 9.82. The third kappa shape index (κ3) is 5.97. The molecule has 0 radical (unpaired) electrons. The molecule has 0 aliphatic carbocycles. The molecule has 1 N–H and O–H groups in total. The monoisotopic (exact) mass is 556 g/mol. The lowest BCUT2D eigenvalue weighted by molar-refractivity contribution is -0.118. The number of rotatable bonds is 9. The summed E-state index contributed by atoms with van der Waals surface area (Å²) in [5.74, 6) is 0.507. The summed E-state index contributed by atoms with van der Waals surface area (Å²) in [7, 11) is 0. The molecule has 0 atom stereocenters. The van der Waals surface area contributed by atoms with Crippen LogP contribution in [0.15, 0.2) is 132 Å². The van der Waals surface area contributed by atoms with Gasteiger partial charge in [0.05, 0.1) is 17.7 Å². The van der Waals surface area contributed by atoms with E-state index >= 15 is 0 Å². The zero-order chi connectivity index (χ0) is 27.9. The zero-order valence-electron chi connectivity index (χ0n) is 21.8. The molecule has 0 spiro atoms. The van der Waals surface area contributed by atoms with E-state index in [4.69, 9.17) is 5.10 Å². The standard InChI is InChI=1S/C31H24N8OS/c40-28(22-41-31-36-35-30(24-16-18-32-19-17-24)39(31)27-14-8-3-9-15-27)34-33-20-25-21-38(26-12-6-2-7-13-26)37-29(25)23-10-4-1-5-11-23/h1-21H,22H2,(H,34,40)/b33-20+. The second-order valence-electron chi connectivity index (χ2n) is 8.87. The van der Waals surface area contributed by atoms with Crippen LogP contribution in [0, 0.1) is 0 Å². The Bertz CT molecular complexity index is 1770. The predicted octanol–water partition coefficient (Wildman–Crippen LogP) is 5.42. The Morgan fingerprint density at radius 2 is 1.46 bits per heavy atom. The Kier molecular flexibility index (Phi) is 7.72. The molecule has 0 aliphatic rings. The van der Waals surface area contributed by atoms with Crippen LogP contribution in [-0.4, -0.2) is 47.4 Å². The van der Waals surface area contributed by atoms with Crippen molar-refractivity contribution in [2.75, 3.05) is 5.75 Å². The third-order valence-corrected chi connectivity index (χ3v) is 7.05. The van der Waals surface area contributed by atoms with E-state index in [0.29, 0.717) is 11.0 Å². The van der Waals surface area contributed by atoms with Crippen molar-refractivity contribution in [3.8, 4) is 34.0 Å². The van der Waals surface area contributed by atoms with Crippen LogP contribution in [0.1, 0.15) is 5.56 Å². The first-order chi connectivity index (χ1) is 20.3. The Hall–Kier alpha value is -5.35. The number of para-hydroxylation sites is 2. The fourth-order valence-corrected chi connectivity index (χ4v) is 4.96. The molecule has 3 aromatic carbocycles. The number of hydrazone groups is 1. The minimum Gasteiger partial charge on any atom is -0.272 e. The minimum absolute atomic E-state index is 0.105. The Labute approximate surface area is 240 Å². The summed E-state index contributed by atoms with van der Waals surface area (Å²) in [4.78, 5) is 16.9. The van der Waals surface area contributed by atoms with Crippen molar-refractivity contribution in [1.82, 2.24) is 35.0 Å². The molecule has 9 nitrogen and oxygen atoms in total. The van der Waals surface area contributed by atoms with Crippen LogP contribution in [0.3, 0.4) is 0 Å². The van der Waals surface area contributed by atoms with Crippen LogP contribution in [0.25, 0.3) is 34.0 Å². The number of thioether (sulfide) groups is 1. The fourth-order valence-electron chi connectivity index (χ4n) is 4.21. The van der Waals surface area contributed by atoms with Gasteiger partial charge >= 0.3 is 0 Å². The Morgan fingerprint density at radius 3 is 2.17 bits per heavy atom. The molecular formula is C31H24N8OS. The van der Waals surface area contributed by atoms with Crippen molar-refractivity contribution in [1.29, 1.82) is 0 Å². The summed E-state index contributed by atoms with van der Waals surface area (Å²) in [6, 6.07) is 33.3. The van der Waals surface area contributed by atoms with Gasteiger partial charge in [0.2, 0.25) is 0 Å². The molecule has 0 saturated carbocycles. The molecule has 10 heteroatoms. The third-order valence-electron chi connectivity index (χ3n) is 6.12. The first-order valence-corrected chi connectivity index (χ1v) is 13.8. The van der Waals surface area contributed by atoms with Gasteiger partial charge in [-0.05, 0) is 36.4 Å². The van der Waals surface area contributed by atoms with E-state index in [9.17, 15) is 4.79 Å². The lowest BCUT2D eigenvalue weighted by Gasteiger charge is -2.10. The van der Waals surface area contributed by atoms with Gasteiger partial charge in [0, 0.05) is 41.0 Å². The largest absolute Gasteiger partial charge is 0.272 e. The zero-order valence-corrected chi connectivity index (χ0v) is 22.6. The molecule has 3 heterocycles. The van der Waals surface area contributed by atoms with E-state index in [1.54, 1.807) is 23.3 Å². The highest BCUT2D eigenvalue weighted by Gasteiger charge is 2.17. The number of amides is 1. The van der Waals surface area contributed by atoms with Crippen LogP contribution in [0.2, 0.25) is 0 Å². The Morgan fingerprint density at radius 1 is 0.805 bits per heavy atom. The van der Waals surface area contributed by atoms with Gasteiger partial charge in [-0.2, -0.15) is 10.2 Å². The number of carbonyl (C=O) groups is 1. The molecule has 0 aliphatic heterocycles. The van der Waals surface area contributed by atoms with Crippen LogP contribution in [-0.2, 0) is 4.79 Å². The molecule has 0 unspecified atom stereocenters. The summed E-state index contributed by atoms with van der Waals surface area (Å²) in [6.45, 7) is 0. The van der Waals surface area contributed by atoms with Crippen molar-refractivity contribution in [2.24, 2.45) is 5.10 Å². The summed E-state index contributed by atoms with van der Waals surface area (Å²) in [6.07, 6.45) is 6.94. The maximum absolute atomic E-state index is 12.8. The highest BCUT2D eigenvalue weighted by molar-refractivity contribution is 7.99. The maximum atomic E-state index is 12.8. The van der Waals surface area contributed by atoms with E-state index in [-0.39, 0.29) is 11.7 Å². The molecule has 0 fully saturated rings. The smallest absolute Gasteiger partial charge is 0.250 e. The number of aromatic nitrogens is 6. The SMILES string of the molecule is O=C(CSc1nnc(-c2ccncc2)n1-c1ccccc1)N/N=C/c1cn(-c2ccccc2)nc1-c1ccccc1. The van der Waals surface area contributed by atoms with E-state index in [0.717, 1.165) is 33.8 Å². The summed E-state index contributed by atoms with van der Waals surface area (Å²) in [5.41, 5.74) is 7.83. The van der Waals surface area contributed by atoms with Gasteiger partial charge in [0.1, 0.15) is 5.69 Å². The molecule has 41 heavy (non-hydrogen) atoms. The lowest BCUT2D eigenvalue weighted by Crippen LogP contribution is -2.20. The Balaban J connectivity index is 1.19. The molecule has 200 valence electrons. The quantitative estimate of drug-likeness (QED) is 0.145. The van der Waals surface area contributed by atoms with Gasteiger partial charge in [-0.15, -0.1) is 10.2 Å². The number of hydrogen-bond acceptors (Lipinski definition) is 7. The fraction of sp³-hybridized carbons (Fsp3) is 0.0323. The number of carbonyl (C=O) groups excluding carboxylic acids is 1. The molecule has 6 rings (SSSR count). The minimum atomic E-state index is -0.268. The average Bonchev–Trinajstić information content (AvgIpc) is 3.67. The van der Waals surface area contributed by atoms with E-state index < -0.39 is 0 Å². The van der Waals surface area contributed by atoms with Crippen LogP contribution < -0.4 is 5.43 Å². The van der Waals surface area contributed by atoms with Gasteiger partial charge in [0.15, 0.2) is 11.0 Å². The summed E-state index contributed by atoms with van der Waals surface area (Å²) in [5, 5.41) is 18.4. The first kappa shape index (κ1) is 25.9. The van der Waals surface area contributed by atoms with Crippen molar-refractivity contribution in [2.45, 2.75) is 5.16 Å². The average molecular weight is 557 g/mol. The first-order valence-electron chi connectivity index (χ1n) is 12.8. The van der Waals surface area contributed by atoms with Crippen LogP contribution in [0.4, 0.5) is 0 Å². The van der Waals surface area contributed by atoms with Crippen molar-refractivity contribution in [3.05, 3.63) is 127 Å². The van der Waals surface area contributed by atoms with Crippen LogP contribution in [0.5, 0.6) is 0 Å². The van der Waals surface area contributed by atoms with Gasteiger partial charge in [-0.3, -0.25) is 14.3 Å². The molecule has 6 aromatic rings. The van der Waals surface area contributed by atoms with Crippen molar-refractivity contribution < 1.29 is 4.79 Å². The van der Waals surface area contributed by atoms with Crippen molar-refractivity contribution in [3.63, 3.8) is 0 Å². The number of nitrogens with zero attached hydrogens (tertiary/aromatic N) is 7. The lowest BCUT2D eigenvalue weighted by atomic mass is 10.1. The second kappa shape index (κ2) is 12.2. The number of benzene rings is 3. The van der Waals surface area contributed by atoms with E-state index in [2.05, 4.69) is 25.7 Å². The van der Waals surface area contributed by atoms with E-state index in [1.165, 1.54) is 11.8 Å². The highest BCUT2D eigenvalue weighted by atomic mass is 32.2. The molecule has 3 aromatic heterocycles. The molecule has 0 saturated heterocycles. The number of pyridine rings is 1.